The van der Waals surface area contributed by atoms with E-state index in [1.807, 2.05) is 0 Å². The first-order valence-electron chi connectivity index (χ1n) is 5.42. The Labute approximate surface area is 111 Å². The summed E-state index contributed by atoms with van der Waals surface area (Å²) in [6, 6.07) is -1.25. The molecule has 0 aromatic carbocycles. The van der Waals surface area contributed by atoms with Crippen LogP contribution in [0.5, 0.6) is 0 Å². The molecule has 0 aromatic rings. The molecule has 1 unspecified atom stereocenters. The number of likely N-dealkylation sites (tertiary alicyclic amines) is 1. The van der Waals surface area contributed by atoms with Gasteiger partial charge >= 0.3 is 12.1 Å². The summed E-state index contributed by atoms with van der Waals surface area (Å²) in [5, 5.41) is 5.47. The Hall–Kier alpha value is -1.25. The number of carboxylic acids is 1. The molecule has 1 aliphatic heterocycles. The topological polar surface area (TPSA) is 74.7 Å². The molecule has 1 aliphatic rings. The summed E-state index contributed by atoms with van der Waals surface area (Å²) in [6.45, 7) is 0.885. The zero-order valence-corrected chi connectivity index (χ0v) is 10.8. The van der Waals surface area contributed by atoms with Gasteiger partial charge in [0.05, 0.1) is 0 Å². The highest BCUT2D eigenvalue weighted by Gasteiger charge is 2.50. The second-order valence-corrected chi connectivity index (χ2v) is 5.34. The zero-order chi connectivity index (χ0) is 14.8. The van der Waals surface area contributed by atoms with Crippen molar-refractivity contribution in [1.29, 1.82) is 0 Å². The van der Waals surface area contributed by atoms with Crippen molar-refractivity contribution in [2.75, 3.05) is 6.54 Å². The maximum atomic E-state index is 12.7. The third-order valence-electron chi connectivity index (χ3n) is 2.63. The quantitative estimate of drug-likeness (QED) is 0.849. The van der Waals surface area contributed by atoms with Gasteiger partial charge in [-0.15, -0.1) is 0 Å². The maximum absolute atomic E-state index is 12.7. The van der Waals surface area contributed by atoms with Gasteiger partial charge in [0.25, 0.3) is 0 Å². The van der Waals surface area contributed by atoms with E-state index in [1.165, 1.54) is 0 Å². The third-order valence-corrected chi connectivity index (χ3v) is 3.66. The predicted octanol–water partition coefficient (Wildman–Crippen LogP) is 1.27. The molecule has 0 radical (unpaired) electrons. The smallest absolute Gasteiger partial charge is 0.409 e. The molecule has 1 amide bonds. The Kier molecular flexibility index (Phi) is 4.83. The number of amides is 1. The first-order valence-corrected chi connectivity index (χ1v) is 6.29. The molecule has 0 saturated carbocycles. The summed E-state index contributed by atoms with van der Waals surface area (Å²) >= 11 is -0.133. The van der Waals surface area contributed by atoms with Crippen molar-refractivity contribution in [3.8, 4) is 0 Å². The maximum Gasteiger partial charge on any atom is 0.409 e. The number of hydrogen-bond donors (Lipinski definition) is 1. The van der Waals surface area contributed by atoms with Crippen LogP contribution in [0.2, 0.25) is 0 Å². The Morgan fingerprint density at radius 1 is 1.37 bits per heavy atom. The second kappa shape index (κ2) is 5.81. The van der Waals surface area contributed by atoms with E-state index >= 15 is 0 Å². The Bertz CT molecular complexity index is 399. The highest BCUT2D eigenvalue weighted by molar-refractivity contribution is 8.14. The van der Waals surface area contributed by atoms with E-state index in [0.29, 0.717) is 11.3 Å². The van der Waals surface area contributed by atoms with Crippen LogP contribution in [0.4, 0.5) is 13.2 Å². The van der Waals surface area contributed by atoms with Gasteiger partial charge in [-0.3, -0.25) is 9.59 Å². The lowest BCUT2D eigenvalue weighted by molar-refractivity contribution is -0.163. The standard InChI is InChI=1S/C10H12F3NO4S/c1-5(15)19-7(10(11,12)13)8(16)14-4-2-3-6(14)9(17)18/h6-7H,2-4H2,1H3,(H,17,18)/t6-,7?/m0/s1. The van der Waals surface area contributed by atoms with Gasteiger partial charge in [0.2, 0.25) is 5.91 Å². The zero-order valence-electron chi connectivity index (χ0n) is 9.94. The van der Waals surface area contributed by atoms with Crippen LogP contribution in [-0.2, 0) is 14.4 Å². The molecule has 1 fully saturated rings. The number of hydrogen-bond acceptors (Lipinski definition) is 4. The fourth-order valence-corrected chi connectivity index (χ4v) is 2.56. The number of carbonyl (C=O) groups is 3. The lowest BCUT2D eigenvalue weighted by atomic mass is 10.2. The number of alkyl halides is 3. The SMILES string of the molecule is CC(=O)SC(C(=O)N1CCC[C@H]1C(=O)O)C(F)(F)F. The number of carboxylic acid groups (broad SMARTS) is 1. The first kappa shape index (κ1) is 15.8. The molecule has 0 aliphatic carbocycles. The van der Waals surface area contributed by atoms with Gasteiger partial charge in [-0.2, -0.15) is 13.2 Å². The molecule has 0 aromatic heterocycles. The molecule has 1 heterocycles. The molecule has 1 saturated heterocycles. The lowest BCUT2D eigenvalue weighted by Crippen LogP contribution is -2.49. The van der Waals surface area contributed by atoms with E-state index < -0.39 is 34.5 Å². The van der Waals surface area contributed by atoms with E-state index in [4.69, 9.17) is 5.11 Å². The van der Waals surface area contributed by atoms with Crippen LogP contribution in [0.3, 0.4) is 0 Å². The van der Waals surface area contributed by atoms with Crippen LogP contribution in [0.1, 0.15) is 19.8 Å². The van der Waals surface area contributed by atoms with E-state index in [-0.39, 0.29) is 24.7 Å². The summed E-state index contributed by atoms with van der Waals surface area (Å²) in [5.41, 5.74) is 0. The fraction of sp³-hybridized carbons (Fsp3) is 0.700. The van der Waals surface area contributed by atoms with Gasteiger partial charge in [-0.25, -0.2) is 4.79 Å². The fourth-order valence-electron chi connectivity index (χ4n) is 1.86. The van der Waals surface area contributed by atoms with Crippen molar-refractivity contribution in [2.45, 2.75) is 37.2 Å². The molecule has 1 N–H and O–H groups in total. The Balaban J connectivity index is 2.93. The third kappa shape index (κ3) is 3.85. The molecule has 1 rings (SSSR count). The van der Waals surface area contributed by atoms with E-state index in [2.05, 4.69) is 0 Å². The van der Waals surface area contributed by atoms with Crippen molar-refractivity contribution >= 4 is 28.8 Å². The van der Waals surface area contributed by atoms with Crippen LogP contribution in [0.15, 0.2) is 0 Å². The van der Waals surface area contributed by atoms with Gasteiger partial charge < -0.3 is 10.0 Å². The van der Waals surface area contributed by atoms with Crippen molar-refractivity contribution < 1.29 is 32.7 Å². The minimum Gasteiger partial charge on any atom is -0.480 e. The van der Waals surface area contributed by atoms with Gasteiger partial charge in [-0.1, -0.05) is 11.8 Å². The molecular weight excluding hydrogens is 287 g/mol. The molecule has 5 nitrogen and oxygen atoms in total. The summed E-state index contributed by atoms with van der Waals surface area (Å²) in [4.78, 5) is 34.2. The highest BCUT2D eigenvalue weighted by atomic mass is 32.2. The van der Waals surface area contributed by atoms with Gasteiger partial charge in [0, 0.05) is 13.5 Å². The molecule has 0 spiro atoms. The number of rotatable bonds is 3. The van der Waals surface area contributed by atoms with E-state index in [1.54, 1.807) is 0 Å². The minimum absolute atomic E-state index is 0.0408. The molecule has 0 bridgehead atoms. The average Bonchev–Trinajstić information content (AvgIpc) is 2.71. The van der Waals surface area contributed by atoms with Crippen LogP contribution in [0.25, 0.3) is 0 Å². The normalized spacial score (nSPS) is 21.3. The van der Waals surface area contributed by atoms with E-state index in [0.717, 1.165) is 6.92 Å². The van der Waals surface area contributed by atoms with Crippen molar-refractivity contribution in [3.63, 3.8) is 0 Å². The minimum atomic E-state index is -4.89. The van der Waals surface area contributed by atoms with Crippen LogP contribution in [0, 0.1) is 0 Å². The number of nitrogens with zero attached hydrogens (tertiary/aromatic N) is 1. The highest BCUT2D eigenvalue weighted by Crippen LogP contribution is 2.34. The van der Waals surface area contributed by atoms with Gasteiger partial charge in [-0.05, 0) is 12.8 Å². The monoisotopic (exact) mass is 299 g/mol. The van der Waals surface area contributed by atoms with Gasteiger partial charge in [0.1, 0.15) is 6.04 Å². The number of aliphatic carboxylic acids is 1. The predicted molar refractivity (Wildman–Crippen MR) is 60.5 cm³/mol. The van der Waals surface area contributed by atoms with Crippen molar-refractivity contribution in [2.24, 2.45) is 0 Å². The molecule has 2 atom stereocenters. The summed E-state index contributed by atoms with van der Waals surface area (Å²) < 4.78 is 38.2. The lowest BCUT2D eigenvalue weighted by Gasteiger charge is -2.27. The van der Waals surface area contributed by atoms with Crippen molar-refractivity contribution in [1.82, 2.24) is 4.90 Å². The molecular formula is C10H12F3NO4S. The summed E-state index contributed by atoms with van der Waals surface area (Å²) in [5.74, 6) is -2.70. The average molecular weight is 299 g/mol. The van der Waals surface area contributed by atoms with Crippen LogP contribution in [-0.4, -0.2) is 51.0 Å². The van der Waals surface area contributed by atoms with Gasteiger partial charge in [0.15, 0.2) is 10.4 Å². The number of carbonyl (C=O) groups excluding carboxylic acids is 2. The molecule has 19 heavy (non-hydrogen) atoms. The summed E-state index contributed by atoms with van der Waals surface area (Å²) in [7, 11) is 0. The Morgan fingerprint density at radius 3 is 2.37 bits per heavy atom. The number of thioether (sulfide) groups is 1. The summed E-state index contributed by atoms with van der Waals surface area (Å²) in [6.07, 6.45) is -4.44. The Morgan fingerprint density at radius 2 is 1.95 bits per heavy atom. The van der Waals surface area contributed by atoms with Crippen LogP contribution >= 0.6 is 11.8 Å². The molecule has 108 valence electrons. The first-order chi connectivity index (χ1) is 8.64. The second-order valence-electron chi connectivity index (χ2n) is 4.06. The van der Waals surface area contributed by atoms with Crippen molar-refractivity contribution in [3.05, 3.63) is 0 Å². The van der Waals surface area contributed by atoms with E-state index in [9.17, 15) is 27.6 Å². The largest absolute Gasteiger partial charge is 0.480 e. The molecule has 9 heteroatoms. The number of halogens is 3. The van der Waals surface area contributed by atoms with Crippen LogP contribution < -0.4 is 0 Å².